The van der Waals surface area contributed by atoms with Crippen molar-refractivity contribution in [1.82, 2.24) is 4.90 Å². The molecule has 21 heavy (non-hydrogen) atoms. The molecule has 2 heterocycles. The molecule has 2 fully saturated rings. The number of carbonyl (C=O) groups is 1. The maximum atomic E-state index is 13.3. The van der Waals surface area contributed by atoms with E-state index in [1.54, 1.807) is 13.0 Å². The fraction of sp³-hybridized carbons (Fsp3) is 0.562. The fourth-order valence-corrected chi connectivity index (χ4v) is 3.57. The normalized spacial score (nSPS) is 27.3. The zero-order valence-corrected chi connectivity index (χ0v) is 12.1. The van der Waals surface area contributed by atoms with Crippen LogP contribution in [0.1, 0.15) is 30.0 Å². The number of ether oxygens (including phenoxy) is 1. The highest BCUT2D eigenvalue weighted by Crippen LogP contribution is 2.34. The lowest BCUT2D eigenvalue weighted by atomic mass is 9.91. The Morgan fingerprint density at radius 1 is 1.48 bits per heavy atom. The van der Waals surface area contributed by atoms with Crippen molar-refractivity contribution in [3.8, 4) is 0 Å². The number of carboxylic acid groups (broad SMARTS) is 1. The van der Waals surface area contributed by atoms with Gasteiger partial charge in [-0.05, 0) is 43.0 Å². The lowest BCUT2D eigenvalue weighted by Crippen LogP contribution is -2.45. The molecule has 114 valence electrons. The number of rotatable bonds is 3. The van der Waals surface area contributed by atoms with Gasteiger partial charge in [0.25, 0.3) is 0 Å². The van der Waals surface area contributed by atoms with Crippen LogP contribution in [0, 0.1) is 18.7 Å². The zero-order chi connectivity index (χ0) is 15.0. The molecular weight excluding hydrogens is 273 g/mol. The molecule has 2 aliphatic heterocycles. The molecule has 2 saturated heterocycles. The van der Waals surface area contributed by atoms with Gasteiger partial charge in [0.15, 0.2) is 0 Å². The molecule has 0 aromatic heterocycles. The third kappa shape index (κ3) is 2.80. The lowest BCUT2D eigenvalue weighted by molar-refractivity contribution is -0.145. The number of aryl methyl sites for hydroxylation is 1. The number of aliphatic carboxylic acids is 1. The van der Waals surface area contributed by atoms with Gasteiger partial charge in [-0.25, -0.2) is 4.39 Å². The van der Waals surface area contributed by atoms with Gasteiger partial charge in [0, 0.05) is 25.6 Å². The first-order valence-electron chi connectivity index (χ1n) is 7.41. The molecule has 0 amide bonds. The molecule has 3 rings (SSSR count). The highest BCUT2D eigenvalue weighted by Gasteiger charge is 2.39. The van der Waals surface area contributed by atoms with Gasteiger partial charge in [-0.2, -0.15) is 0 Å². The molecule has 3 atom stereocenters. The predicted octanol–water partition coefficient (Wildman–Crippen LogP) is 2.37. The summed E-state index contributed by atoms with van der Waals surface area (Å²) in [4.78, 5) is 13.8. The van der Waals surface area contributed by atoms with Gasteiger partial charge in [0.1, 0.15) is 11.9 Å². The minimum absolute atomic E-state index is 0.282. The Labute approximate surface area is 123 Å². The summed E-state index contributed by atoms with van der Waals surface area (Å²) in [5, 5.41) is 9.65. The van der Waals surface area contributed by atoms with Gasteiger partial charge in [-0.15, -0.1) is 0 Å². The largest absolute Gasteiger partial charge is 0.480 e. The van der Waals surface area contributed by atoms with Crippen molar-refractivity contribution in [2.24, 2.45) is 5.92 Å². The highest BCUT2D eigenvalue weighted by molar-refractivity contribution is 5.76. The van der Waals surface area contributed by atoms with Gasteiger partial charge in [-0.3, -0.25) is 9.69 Å². The van der Waals surface area contributed by atoms with Crippen molar-refractivity contribution in [2.45, 2.75) is 31.9 Å². The summed E-state index contributed by atoms with van der Waals surface area (Å²) in [5.74, 6) is -0.785. The van der Waals surface area contributed by atoms with E-state index >= 15 is 0 Å². The van der Waals surface area contributed by atoms with Crippen LogP contribution in [0.25, 0.3) is 0 Å². The summed E-state index contributed by atoms with van der Waals surface area (Å²) >= 11 is 0. The molecular formula is C16H20FNO3. The Kier molecular flexibility index (Phi) is 3.95. The number of halogens is 1. The van der Waals surface area contributed by atoms with Crippen LogP contribution in [0.3, 0.4) is 0 Å². The lowest BCUT2D eigenvalue weighted by Gasteiger charge is -2.38. The summed E-state index contributed by atoms with van der Waals surface area (Å²) in [5.41, 5.74) is 1.37. The van der Waals surface area contributed by atoms with E-state index in [9.17, 15) is 14.3 Å². The molecule has 0 saturated carbocycles. The maximum Gasteiger partial charge on any atom is 0.325 e. The standard InChI is InChI=1S/C16H20FNO3/c1-10-8-12(17)2-3-13(10)15(16(19)20)18-6-4-14-11(9-18)5-7-21-14/h2-3,8,11,14-15H,4-7,9H2,1H3,(H,19,20)/t11-,14+,15?/m1/s1. The second-order valence-electron chi connectivity index (χ2n) is 5.98. The molecule has 1 N–H and O–H groups in total. The molecule has 4 nitrogen and oxygen atoms in total. The number of likely N-dealkylation sites (tertiary alicyclic amines) is 1. The van der Waals surface area contributed by atoms with E-state index in [1.165, 1.54) is 12.1 Å². The van der Waals surface area contributed by atoms with Gasteiger partial charge in [0.2, 0.25) is 0 Å². The minimum Gasteiger partial charge on any atom is -0.480 e. The molecule has 2 aliphatic rings. The first-order chi connectivity index (χ1) is 10.1. The van der Waals surface area contributed by atoms with Crippen molar-refractivity contribution in [2.75, 3.05) is 19.7 Å². The van der Waals surface area contributed by atoms with Crippen LogP contribution in [0.4, 0.5) is 4.39 Å². The molecule has 5 heteroatoms. The number of carboxylic acids is 1. The number of piperidine rings is 1. The topological polar surface area (TPSA) is 49.8 Å². The highest BCUT2D eigenvalue weighted by atomic mass is 19.1. The molecule has 0 radical (unpaired) electrons. The van der Waals surface area contributed by atoms with Gasteiger partial charge >= 0.3 is 5.97 Å². The fourth-order valence-electron chi connectivity index (χ4n) is 3.57. The summed E-state index contributed by atoms with van der Waals surface area (Å²) < 4.78 is 18.9. The Morgan fingerprint density at radius 2 is 2.29 bits per heavy atom. The number of fused-ring (bicyclic) bond motifs is 1. The Morgan fingerprint density at radius 3 is 3.00 bits per heavy atom. The van der Waals surface area contributed by atoms with E-state index in [0.29, 0.717) is 23.6 Å². The monoisotopic (exact) mass is 293 g/mol. The van der Waals surface area contributed by atoms with Crippen LogP contribution in [0.2, 0.25) is 0 Å². The number of hydrogen-bond acceptors (Lipinski definition) is 3. The van der Waals surface area contributed by atoms with Gasteiger partial charge in [0.05, 0.1) is 6.10 Å². The summed E-state index contributed by atoms with van der Waals surface area (Å²) in [7, 11) is 0. The molecule has 1 unspecified atom stereocenters. The van der Waals surface area contributed by atoms with E-state index < -0.39 is 12.0 Å². The second-order valence-corrected chi connectivity index (χ2v) is 5.98. The van der Waals surface area contributed by atoms with E-state index in [4.69, 9.17) is 4.74 Å². The first-order valence-corrected chi connectivity index (χ1v) is 7.41. The Balaban J connectivity index is 1.86. The van der Waals surface area contributed by atoms with Crippen molar-refractivity contribution in [3.05, 3.63) is 35.1 Å². The zero-order valence-electron chi connectivity index (χ0n) is 12.1. The third-order valence-electron chi connectivity index (χ3n) is 4.64. The smallest absolute Gasteiger partial charge is 0.325 e. The van der Waals surface area contributed by atoms with Crippen LogP contribution in [0.15, 0.2) is 18.2 Å². The average Bonchev–Trinajstić information content (AvgIpc) is 2.88. The number of hydrogen-bond donors (Lipinski definition) is 1. The van der Waals surface area contributed by atoms with E-state index in [1.807, 2.05) is 4.90 Å². The summed E-state index contributed by atoms with van der Waals surface area (Å²) in [6.07, 6.45) is 2.15. The van der Waals surface area contributed by atoms with Crippen molar-refractivity contribution in [3.63, 3.8) is 0 Å². The SMILES string of the molecule is Cc1cc(F)ccc1C(C(=O)O)N1CC[C@@H]2OCC[C@@H]2C1. The second kappa shape index (κ2) is 5.73. The molecule has 1 aromatic rings. The minimum atomic E-state index is -0.873. The van der Waals surface area contributed by atoms with E-state index in [2.05, 4.69) is 0 Å². The maximum absolute atomic E-state index is 13.3. The molecule has 0 aliphatic carbocycles. The average molecular weight is 293 g/mol. The summed E-state index contributed by atoms with van der Waals surface area (Å²) in [6.45, 7) is 3.98. The predicted molar refractivity (Wildman–Crippen MR) is 75.6 cm³/mol. The van der Waals surface area contributed by atoms with Crippen LogP contribution in [0.5, 0.6) is 0 Å². The first kappa shape index (κ1) is 14.5. The summed E-state index contributed by atoms with van der Waals surface area (Å²) in [6, 6.07) is 3.63. The van der Waals surface area contributed by atoms with Crippen molar-refractivity contribution in [1.29, 1.82) is 0 Å². The Bertz CT molecular complexity index is 548. The molecule has 1 aromatic carbocycles. The van der Waals surface area contributed by atoms with Gasteiger partial charge in [-0.1, -0.05) is 6.07 Å². The van der Waals surface area contributed by atoms with Crippen LogP contribution in [-0.4, -0.2) is 41.8 Å². The third-order valence-corrected chi connectivity index (χ3v) is 4.64. The Hall–Kier alpha value is -1.46. The molecule has 0 bridgehead atoms. The van der Waals surface area contributed by atoms with Crippen molar-refractivity contribution < 1.29 is 19.0 Å². The van der Waals surface area contributed by atoms with Crippen molar-refractivity contribution >= 4 is 5.97 Å². The van der Waals surface area contributed by atoms with Gasteiger partial charge < -0.3 is 9.84 Å². The van der Waals surface area contributed by atoms with Crippen LogP contribution >= 0.6 is 0 Å². The quantitative estimate of drug-likeness (QED) is 0.929. The van der Waals surface area contributed by atoms with Crippen LogP contribution < -0.4 is 0 Å². The number of benzene rings is 1. The molecule has 0 spiro atoms. The van der Waals surface area contributed by atoms with E-state index in [-0.39, 0.29) is 11.9 Å². The van der Waals surface area contributed by atoms with Crippen LogP contribution in [-0.2, 0) is 9.53 Å². The van der Waals surface area contributed by atoms with E-state index in [0.717, 1.165) is 26.0 Å². The number of nitrogens with zero attached hydrogens (tertiary/aromatic N) is 1.